The number of carbonyl (C=O) groups excluding carboxylic acids is 1. The van der Waals surface area contributed by atoms with Crippen molar-refractivity contribution in [1.29, 1.82) is 0 Å². The Morgan fingerprint density at radius 2 is 1.65 bits per heavy atom. The molecule has 1 aliphatic heterocycles. The third-order valence-electron chi connectivity index (χ3n) is 5.97. The standard InChI is InChI=1S/C26H31N3O2/c1-19(2)16-29-18-24(22-10-6-7-11-23(22)26(29)31)25(30)27-21-12-14-28(15-13-21)17-20-8-4-3-5-9-20/h3-11,18-19,21H,12-17H2,1-2H3,(H,27,30). The van der Waals surface area contributed by atoms with Gasteiger partial charge in [-0.3, -0.25) is 14.5 Å². The highest BCUT2D eigenvalue weighted by Crippen LogP contribution is 2.18. The van der Waals surface area contributed by atoms with Crippen molar-refractivity contribution in [1.82, 2.24) is 14.8 Å². The lowest BCUT2D eigenvalue weighted by molar-refractivity contribution is 0.0909. The molecule has 0 saturated carbocycles. The first kappa shape index (κ1) is 21.3. The minimum atomic E-state index is -0.0878. The average Bonchev–Trinajstić information content (AvgIpc) is 2.77. The Hall–Kier alpha value is -2.92. The molecule has 3 aromatic rings. The van der Waals surface area contributed by atoms with Crippen molar-refractivity contribution in [2.24, 2.45) is 5.92 Å². The second-order valence-corrected chi connectivity index (χ2v) is 8.95. The van der Waals surface area contributed by atoms with Crippen molar-refractivity contribution < 1.29 is 4.79 Å². The molecule has 1 N–H and O–H groups in total. The highest BCUT2D eigenvalue weighted by molar-refractivity contribution is 6.06. The van der Waals surface area contributed by atoms with Crippen molar-refractivity contribution in [3.8, 4) is 0 Å². The number of piperidine rings is 1. The molecular formula is C26H31N3O2. The largest absolute Gasteiger partial charge is 0.349 e. The van der Waals surface area contributed by atoms with Crippen molar-refractivity contribution in [3.05, 3.63) is 82.3 Å². The van der Waals surface area contributed by atoms with Crippen LogP contribution < -0.4 is 10.9 Å². The van der Waals surface area contributed by atoms with E-state index in [0.717, 1.165) is 37.9 Å². The molecule has 0 unspecified atom stereocenters. The lowest BCUT2D eigenvalue weighted by Gasteiger charge is -2.32. The zero-order chi connectivity index (χ0) is 21.8. The Morgan fingerprint density at radius 3 is 2.32 bits per heavy atom. The van der Waals surface area contributed by atoms with Crippen LogP contribution in [0.25, 0.3) is 10.8 Å². The van der Waals surface area contributed by atoms with Gasteiger partial charge in [-0.15, -0.1) is 0 Å². The summed E-state index contributed by atoms with van der Waals surface area (Å²) in [5, 5.41) is 4.56. The number of hydrogen-bond donors (Lipinski definition) is 1. The summed E-state index contributed by atoms with van der Waals surface area (Å²) in [5.41, 5.74) is 1.88. The fraction of sp³-hybridized carbons (Fsp3) is 0.385. The number of carbonyl (C=O) groups is 1. The van der Waals surface area contributed by atoms with Crippen molar-refractivity contribution >= 4 is 16.7 Å². The monoisotopic (exact) mass is 417 g/mol. The summed E-state index contributed by atoms with van der Waals surface area (Å²) in [6.45, 7) is 7.63. The first-order valence-electron chi connectivity index (χ1n) is 11.2. The van der Waals surface area contributed by atoms with E-state index in [2.05, 4.69) is 48.3 Å². The fourth-order valence-electron chi connectivity index (χ4n) is 4.39. The number of pyridine rings is 1. The van der Waals surface area contributed by atoms with Crippen LogP contribution in [0.1, 0.15) is 42.6 Å². The van der Waals surface area contributed by atoms with Crippen molar-refractivity contribution in [2.75, 3.05) is 13.1 Å². The lowest BCUT2D eigenvalue weighted by Crippen LogP contribution is -2.44. The van der Waals surface area contributed by atoms with Gasteiger partial charge in [0, 0.05) is 49.2 Å². The summed E-state index contributed by atoms with van der Waals surface area (Å²) in [6, 6.07) is 18.1. The van der Waals surface area contributed by atoms with Gasteiger partial charge in [0.2, 0.25) is 0 Å². The maximum absolute atomic E-state index is 13.2. The zero-order valence-corrected chi connectivity index (χ0v) is 18.4. The summed E-state index contributed by atoms with van der Waals surface area (Å²) >= 11 is 0. The Balaban J connectivity index is 1.46. The van der Waals surface area contributed by atoms with Crippen LogP contribution in [0.2, 0.25) is 0 Å². The van der Waals surface area contributed by atoms with Gasteiger partial charge in [-0.05, 0) is 30.4 Å². The number of likely N-dealkylation sites (tertiary alicyclic amines) is 1. The third-order valence-corrected chi connectivity index (χ3v) is 5.97. The smallest absolute Gasteiger partial charge is 0.258 e. The van der Waals surface area contributed by atoms with Crippen LogP contribution in [0.4, 0.5) is 0 Å². The average molecular weight is 418 g/mol. The van der Waals surface area contributed by atoms with Crippen LogP contribution in [0, 0.1) is 5.92 Å². The van der Waals surface area contributed by atoms with E-state index in [4.69, 9.17) is 0 Å². The maximum atomic E-state index is 13.2. The molecule has 1 aromatic heterocycles. The molecular weight excluding hydrogens is 386 g/mol. The number of fused-ring (bicyclic) bond motifs is 1. The quantitative estimate of drug-likeness (QED) is 0.658. The number of benzene rings is 2. The molecule has 5 nitrogen and oxygen atoms in total. The van der Waals surface area contributed by atoms with E-state index in [1.165, 1.54) is 5.56 Å². The molecule has 162 valence electrons. The van der Waals surface area contributed by atoms with Crippen molar-refractivity contribution in [2.45, 2.75) is 45.8 Å². The highest BCUT2D eigenvalue weighted by Gasteiger charge is 2.23. The lowest BCUT2D eigenvalue weighted by atomic mass is 10.0. The molecule has 1 amide bonds. The Kier molecular flexibility index (Phi) is 6.52. The molecule has 1 aliphatic rings. The van der Waals surface area contributed by atoms with E-state index in [9.17, 15) is 9.59 Å². The molecule has 5 heteroatoms. The normalized spacial score (nSPS) is 15.5. The molecule has 4 rings (SSSR count). The first-order chi connectivity index (χ1) is 15.0. The summed E-state index contributed by atoms with van der Waals surface area (Å²) in [7, 11) is 0. The van der Waals surface area contributed by atoms with E-state index < -0.39 is 0 Å². The number of nitrogens with zero attached hydrogens (tertiary/aromatic N) is 2. The minimum Gasteiger partial charge on any atom is -0.349 e. The molecule has 1 saturated heterocycles. The van der Waals surface area contributed by atoms with Gasteiger partial charge in [-0.25, -0.2) is 0 Å². The van der Waals surface area contributed by atoms with E-state index in [1.54, 1.807) is 10.8 Å². The number of nitrogens with one attached hydrogen (secondary N) is 1. The Bertz CT molecular complexity index is 1100. The predicted octanol–water partition coefficient (Wildman–Crippen LogP) is 4.05. The summed E-state index contributed by atoms with van der Waals surface area (Å²) in [4.78, 5) is 28.5. The molecule has 0 spiro atoms. The number of rotatable bonds is 6. The molecule has 0 atom stereocenters. The molecule has 31 heavy (non-hydrogen) atoms. The molecule has 0 radical (unpaired) electrons. The van der Waals surface area contributed by atoms with Crippen molar-refractivity contribution in [3.63, 3.8) is 0 Å². The van der Waals surface area contributed by atoms with Gasteiger partial charge < -0.3 is 9.88 Å². The number of aromatic nitrogens is 1. The van der Waals surface area contributed by atoms with Gasteiger partial charge in [0.25, 0.3) is 11.5 Å². The minimum absolute atomic E-state index is 0.0323. The van der Waals surface area contributed by atoms with Gasteiger partial charge >= 0.3 is 0 Å². The van der Waals surface area contributed by atoms with Crippen LogP contribution >= 0.6 is 0 Å². The van der Waals surface area contributed by atoms with Crippen LogP contribution in [0.3, 0.4) is 0 Å². The SMILES string of the molecule is CC(C)Cn1cc(C(=O)NC2CCN(Cc3ccccc3)CC2)c2ccccc2c1=O. The van der Waals surface area contributed by atoms with Crippen LogP contribution in [-0.4, -0.2) is 34.5 Å². The summed E-state index contributed by atoms with van der Waals surface area (Å²) in [5.74, 6) is 0.235. The Morgan fingerprint density at radius 1 is 1.00 bits per heavy atom. The van der Waals surface area contributed by atoms with E-state index >= 15 is 0 Å². The summed E-state index contributed by atoms with van der Waals surface area (Å²) in [6.07, 6.45) is 3.61. The predicted molar refractivity (Wildman–Crippen MR) is 125 cm³/mol. The number of amides is 1. The second kappa shape index (κ2) is 9.48. The number of hydrogen-bond acceptors (Lipinski definition) is 3. The van der Waals surface area contributed by atoms with E-state index in [0.29, 0.717) is 23.4 Å². The molecule has 0 aliphatic carbocycles. The van der Waals surface area contributed by atoms with E-state index in [1.807, 2.05) is 30.3 Å². The van der Waals surface area contributed by atoms with Gasteiger partial charge in [-0.1, -0.05) is 62.4 Å². The molecule has 2 heterocycles. The maximum Gasteiger partial charge on any atom is 0.258 e. The van der Waals surface area contributed by atoms with Gasteiger partial charge in [0.15, 0.2) is 0 Å². The Labute approximate surface area is 183 Å². The second-order valence-electron chi connectivity index (χ2n) is 8.95. The molecule has 1 fully saturated rings. The highest BCUT2D eigenvalue weighted by atomic mass is 16.2. The van der Waals surface area contributed by atoms with Crippen LogP contribution in [0.15, 0.2) is 65.6 Å². The zero-order valence-electron chi connectivity index (χ0n) is 18.4. The fourth-order valence-corrected chi connectivity index (χ4v) is 4.39. The third kappa shape index (κ3) is 5.05. The summed E-state index contributed by atoms with van der Waals surface area (Å²) < 4.78 is 1.68. The van der Waals surface area contributed by atoms with Gasteiger partial charge in [0.05, 0.1) is 5.56 Å². The van der Waals surface area contributed by atoms with Gasteiger partial charge in [-0.2, -0.15) is 0 Å². The molecule has 2 aromatic carbocycles. The van der Waals surface area contributed by atoms with Crippen LogP contribution in [-0.2, 0) is 13.1 Å². The van der Waals surface area contributed by atoms with Gasteiger partial charge in [0.1, 0.15) is 0 Å². The topological polar surface area (TPSA) is 54.3 Å². The first-order valence-corrected chi connectivity index (χ1v) is 11.2. The van der Waals surface area contributed by atoms with E-state index in [-0.39, 0.29) is 17.5 Å². The molecule has 0 bridgehead atoms. The van der Waals surface area contributed by atoms with Crippen LogP contribution in [0.5, 0.6) is 0 Å².